The lowest BCUT2D eigenvalue weighted by Crippen LogP contribution is -2.18. The molecule has 0 saturated heterocycles. The monoisotopic (exact) mass is 391 g/mol. The SMILES string of the molecule is CNC(c1cc(Br)c(C)s1)c1c(F)cccc1Br. The van der Waals surface area contributed by atoms with Gasteiger partial charge in [0.15, 0.2) is 0 Å². The van der Waals surface area contributed by atoms with Gasteiger partial charge < -0.3 is 5.32 Å². The van der Waals surface area contributed by atoms with Gasteiger partial charge in [-0.3, -0.25) is 0 Å². The molecule has 2 rings (SSSR count). The van der Waals surface area contributed by atoms with E-state index in [1.165, 1.54) is 10.9 Å². The molecule has 1 unspecified atom stereocenters. The molecule has 0 aliphatic carbocycles. The smallest absolute Gasteiger partial charge is 0.129 e. The van der Waals surface area contributed by atoms with Crippen LogP contribution in [0.15, 0.2) is 33.2 Å². The van der Waals surface area contributed by atoms with E-state index in [0.717, 1.165) is 13.8 Å². The second-order valence-corrected chi connectivity index (χ2v) is 6.91. The Morgan fingerprint density at radius 1 is 1.28 bits per heavy atom. The number of aryl methyl sites for hydroxylation is 1. The van der Waals surface area contributed by atoms with E-state index >= 15 is 0 Å². The molecule has 0 fully saturated rings. The van der Waals surface area contributed by atoms with Crippen LogP contribution in [-0.4, -0.2) is 7.05 Å². The summed E-state index contributed by atoms with van der Waals surface area (Å²) in [6.07, 6.45) is 0. The van der Waals surface area contributed by atoms with Crippen LogP contribution in [0.5, 0.6) is 0 Å². The number of hydrogen-bond donors (Lipinski definition) is 1. The molecule has 0 amide bonds. The summed E-state index contributed by atoms with van der Waals surface area (Å²) < 4.78 is 15.8. The van der Waals surface area contributed by atoms with E-state index in [9.17, 15) is 4.39 Å². The lowest BCUT2D eigenvalue weighted by atomic mass is 10.1. The maximum Gasteiger partial charge on any atom is 0.129 e. The molecule has 96 valence electrons. The normalized spacial score (nSPS) is 12.7. The molecule has 18 heavy (non-hydrogen) atoms. The zero-order valence-electron chi connectivity index (χ0n) is 9.93. The van der Waals surface area contributed by atoms with Crippen LogP contribution >= 0.6 is 43.2 Å². The number of nitrogens with one attached hydrogen (secondary N) is 1. The summed E-state index contributed by atoms with van der Waals surface area (Å²) in [6, 6.07) is 6.94. The van der Waals surface area contributed by atoms with Gasteiger partial charge in [-0.15, -0.1) is 11.3 Å². The third-order valence-corrected chi connectivity index (χ3v) is 5.63. The molecule has 0 aliphatic heterocycles. The molecule has 1 nitrogen and oxygen atoms in total. The molecule has 1 N–H and O–H groups in total. The molecule has 1 heterocycles. The highest BCUT2D eigenvalue weighted by molar-refractivity contribution is 9.10. The maximum atomic E-state index is 14.0. The van der Waals surface area contributed by atoms with Crippen molar-refractivity contribution in [2.75, 3.05) is 7.05 Å². The van der Waals surface area contributed by atoms with E-state index in [1.54, 1.807) is 17.4 Å². The van der Waals surface area contributed by atoms with Crippen LogP contribution in [0.2, 0.25) is 0 Å². The van der Waals surface area contributed by atoms with Gasteiger partial charge >= 0.3 is 0 Å². The largest absolute Gasteiger partial charge is 0.309 e. The molecule has 1 aromatic heterocycles. The first-order valence-corrected chi connectivity index (χ1v) is 7.82. The lowest BCUT2D eigenvalue weighted by Gasteiger charge is -2.17. The summed E-state index contributed by atoms with van der Waals surface area (Å²) in [4.78, 5) is 2.28. The Morgan fingerprint density at radius 2 is 2.00 bits per heavy atom. The van der Waals surface area contributed by atoms with Crippen molar-refractivity contribution in [1.29, 1.82) is 0 Å². The molecular weight excluding hydrogens is 381 g/mol. The van der Waals surface area contributed by atoms with Crippen molar-refractivity contribution in [2.45, 2.75) is 13.0 Å². The van der Waals surface area contributed by atoms with Gasteiger partial charge in [0.2, 0.25) is 0 Å². The third kappa shape index (κ3) is 2.69. The highest BCUT2D eigenvalue weighted by Gasteiger charge is 2.21. The van der Waals surface area contributed by atoms with Crippen molar-refractivity contribution in [1.82, 2.24) is 5.32 Å². The number of benzene rings is 1. The van der Waals surface area contributed by atoms with Crippen LogP contribution in [0.3, 0.4) is 0 Å². The third-order valence-electron chi connectivity index (χ3n) is 2.74. The molecule has 0 radical (unpaired) electrons. The number of halogens is 3. The molecule has 2 aromatic rings. The van der Waals surface area contributed by atoms with Crippen molar-refractivity contribution in [3.05, 3.63) is 54.3 Å². The fraction of sp³-hybridized carbons (Fsp3) is 0.231. The van der Waals surface area contributed by atoms with Crippen LogP contribution in [-0.2, 0) is 0 Å². The van der Waals surface area contributed by atoms with Crippen molar-refractivity contribution < 1.29 is 4.39 Å². The fourth-order valence-electron chi connectivity index (χ4n) is 1.84. The fourth-order valence-corrected chi connectivity index (χ4v) is 4.09. The lowest BCUT2D eigenvalue weighted by molar-refractivity contribution is 0.577. The van der Waals surface area contributed by atoms with Gasteiger partial charge in [-0.25, -0.2) is 4.39 Å². The van der Waals surface area contributed by atoms with E-state index < -0.39 is 0 Å². The van der Waals surface area contributed by atoms with Gasteiger partial charge in [-0.1, -0.05) is 22.0 Å². The highest BCUT2D eigenvalue weighted by atomic mass is 79.9. The van der Waals surface area contributed by atoms with Crippen molar-refractivity contribution in [3.63, 3.8) is 0 Å². The highest BCUT2D eigenvalue weighted by Crippen LogP contribution is 2.37. The zero-order chi connectivity index (χ0) is 13.3. The number of thiophene rings is 1. The van der Waals surface area contributed by atoms with Crippen LogP contribution in [0.1, 0.15) is 21.4 Å². The molecule has 1 aromatic carbocycles. The van der Waals surface area contributed by atoms with Crippen LogP contribution in [0, 0.1) is 12.7 Å². The van der Waals surface area contributed by atoms with Crippen LogP contribution in [0.4, 0.5) is 4.39 Å². The molecule has 0 aliphatic rings. The van der Waals surface area contributed by atoms with Crippen molar-refractivity contribution >= 4 is 43.2 Å². The summed E-state index contributed by atoms with van der Waals surface area (Å²) in [7, 11) is 1.84. The first-order valence-electron chi connectivity index (χ1n) is 5.41. The second kappa shape index (κ2) is 5.82. The first kappa shape index (κ1) is 14.2. The summed E-state index contributed by atoms with van der Waals surface area (Å²) in [5.41, 5.74) is 0.647. The Balaban J connectivity index is 2.52. The van der Waals surface area contributed by atoms with Crippen LogP contribution in [0.25, 0.3) is 0 Å². The van der Waals surface area contributed by atoms with E-state index in [4.69, 9.17) is 0 Å². The molecule has 5 heteroatoms. The summed E-state index contributed by atoms with van der Waals surface area (Å²) in [5.74, 6) is -0.203. The Kier molecular flexibility index (Phi) is 4.59. The zero-order valence-corrected chi connectivity index (χ0v) is 13.9. The van der Waals surface area contributed by atoms with Gasteiger partial charge in [0, 0.05) is 24.3 Å². The van der Waals surface area contributed by atoms with Gasteiger partial charge in [0.05, 0.1) is 6.04 Å². The molecule has 1 atom stereocenters. The topological polar surface area (TPSA) is 12.0 Å². The van der Waals surface area contributed by atoms with Crippen molar-refractivity contribution in [3.8, 4) is 0 Å². The maximum absolute atomic E-state index is 14.0. The Labute approximate surface area is 127 Å². The van der Waals surface area contributed by atoms with Crippen LogP contribution < -0.4 is 5.32 Å². The minimum absolute atomic E-state index is 0.143. The van der Waals surface area contributed by atoms with Crippen molar-refractivity contribution in [2.24, 2.45) is 0 Å². The minimum atomic E-state index is -0.203. The number of hydrogen-bond acceptors (Lipinski definition) is 2. The first-order chi connectivity index (χ1) is 8.54. The summed E-state index contributed by atoms with van der Waals surface area (Å²) in [6.45, 7) is 2.04. The average Bonchev–Trinajstić information content (AvgIpc) is 2.64. The average molecular weight is 393 g/mol. The van der Waals surface area contributed by atoms with E-state index in [1.807, 2.05) is 26.1 Å². The Morgan fingerprint density at radius 3 is 2.50 bits per heavy atom. The van der Waals surface area contributed by atoms with E-state index in [2.05, 4.69) is 37.2 Å². The van der Waals surface area contributed by atoms with Gasteiger partial charge in [0.1, 0.15) is 5.82 Å². The minimum Gasteiger partial charge on any atom is -0.309 e. The second-order valence-electron chi connectivity index (χ2n) is 3.91. The van der Waals surface area contributed by atoms with Gasteiger partial charge in [-0.05, 0) is 48.1 Å². The standard InChI is InChI=1S/C13H12Br2FNS/c1-7-9(15)6-11(18-7)13(17-2)12-8(14)4-3-5-10(12)16/h3-6,13,17H,1-2H3. The van der Waals surface area contributed by atoms with E-state index in [0.29, 0.717) is 5.56 Å². The predicted octanol–water partition coefficient (Wildman–Crippen LogP) is 5.03. The number of rotatable bonds is 3. The van der Waals surface area contributed by atoms with E-state index in [-0.39, 0.29) is 11.9 Å². The van der Waals surface area contributed by atoms with Gasteiger partial charge in [0.25, 0.3) is 0 Å². The molecule has 0 spiro atoms. The Bertz CT molecular complexity index is 528. The predicted molar refractivity (Wildman–Crippen MR) is 81.8 cm³/mol. The molecular formula is C13H12Br2FNS. The molecule has 0 saturated carbocycles. The summed E-state index contributed by atoms with van der Waals surface area (Å²) in [5, 5.41) is 3.18. The Hall–Kier alpha value is -0.230. The quantitative estimate of drug-likeness (QED) is 0.772. The molecule has 0 bridgehead atoms. The van der Waals surface area contributed by atoms with Gasteiger partial charge in [-0.2, -0.15) is 0 Å². The summed E-state index contributed by atoms with van der Waals surface area (Å²) >= 11 is 8.59.